The minimum absolute atomic E-state index is 0.0323. The van der Waals surface area contributed by atoms with Crippen molar-refractivity contribution in [3.63, 3.8) is 0 Å². The summed E-state index contributed by atoms with van der Waals surface area (Å²) in [5.74, 6) is -1.30. The molecule has 160 valence electrons. The van der Waals surface area contributed by atoms with E-state index >= 15 is 4.39 Å². The van der Waals surface area contributed by atoms with Crippen molar-refractivity contribution in [2.24, 2.45) is 0 Å². The van der Waals surface area contributed by atoms with E-state index in [0.717, 1.165) is 16.3 Å². The van der Waals surface area contributed by atoms with Gasteiger partial charge in [0.05, 0.1) is 22.4 Å². The standard InChI is InChI=1S/C21H19ClFN5O2S/c1-11(2)27-10-13(9-25-27)28-12(3)21(14-4-5-15(22)19(23)20(14)28)31-17-6-7-24-16(26-17)8-18(29)30/h4-7,9-11H,8H2,1-3H3,(H,29,30). The van der Waals surface area contributed by atoms with Crippen molar-refractivity contribution in [2.45, 2.75) is 43.2 Å². The van der Waals surface area contributed by atoms with Crippen LogP contribution >= 0.6 is 23.4 Å². The SMILES string of the molecule is Cc1c(Sc2ccnc(CC(=O)O)n2)c2ccc(Cl)c(F)c2n1-c1cnn(C(C)C)c1. The molecule has 0 aliphatic heterocycles. The second-order valence-electron chi connectivity index (χ2n) is 7.26. The normalized spacial score (nSPS) is 11.5. The molecule has 7 nitrogen and oxygen atoms in total. The van der Waals surface area contributed by atoms with E-state index < -0.39 is 11.8 Å². The van der Waals surface area contributed by atoms with E-state index in [2.05, 4.69) is 15.1 Å². The minimum Gasteiger partial charge on any atom is -0.481 e. The molecule has 0 saturated carbocycles. The third-order valence-electron chi connectivity index (χ3n) is 4.77. The van der Waals surface area contributed by atoms with Gasteiger partial charge in [0.15, 0.2) is 5.82 Å². The molecule has 10 heteroatoms. The molecule has 31 heavy (non-hydrogen) atoms. The Hall–Kier alpha value is -2.91. The van der Waals surface area contributed by atoms with Crippen molar-refractivity contribution in [3.8, 4) is 5.69 Å². The van der Waals surface area contributed by atoms with Crippen LogP contribution in [-0.4, -0.2) is 35.4 Å². The van der Waals surface area contributed by atoms with E-state index in [0.29, 0.717) is 15.9 Å². The lowest BCUT2D eigenvalue weighted by Gasteiger charge is -2.08. The average Bonchev–Trinajstić information content (AvgIpc) is 3.29. The minimum atomic E-state index is -1.01. The zero-order chi connectivity index (χ0) is 22.3. The number of hydrogen-bond acceptors (Lipinski definition) is 5. The van der Waals surface area contributed by atoms with Gasteiger partial charge in [0.1, 0.15) is 17.3 Å². The summed E-state index contributed by atoms with van der Waals surface area (Å²) in [6.07, 6.45) is 4.80. The van der Waals surface area contributed by atoms with E-state index in [-0.39, 0.29) is 23.3 Å². The summed E-state index contributed by atoms with van der Waals surface area (Å²) in [6, 6.07) is 5.16. The molecule has 3 heterocycles. The molecule has 0 aliphatic rings. The van der Waals surface area contributed by atoms with E-state index in [9.17, 15) is 4.79 Å². The van der Waals surface area contributed by atoms with E-state index in [4.69, 9.17) is 16.7 Å². The Balaban J connectivity index is 1.88. The summed E-state index contributed by atoms with van der Waals surface area (Å²) >= 11 is 7.43. The maximum atomic E-state index is 15.2. The van der Waals surface area contributed by atoms with Crippen LogP contribution in [-0.2, 0) is 11.2 Å². The number of halogens is 2. The number of carbonyl (C=O) groups is 1. The third kappa shape index (κ3) is 4.03. The topological polar surface area (TPSA) is 85.8 Å². The van der Waals surface area contributed by atoms with Crippen LogP contribution in [0.5, 0.6) is 0 Å². The quantitative estimate of drug-likeness (QED) is 0.405. The number of rotatable bonds is 6. The Kier molecular flexibility index (Phi) is 5.72. The number of benzene rings is 1. The van der Waals surface area contributed by atoms with Crippen LogP contribution in [0.15, 0.2) is 46.7 Å². The maximum absolute atomic E-state index is 15.2. The lowest BCUT2D eigenvalue weighted by atomic mass is 10.2. The van der Waals surface area contributed by atoms with Gasteiger partial charge in [-0.25, -0.2) is 14.4 Å². The second kappa shape index (κ2) is 8.32. The van der Waals surface area contributed by atoms with Gasteiger partial charge in [-0.05, 0) is 39.0 Å². The Bertz CT molecular complexity index is 1300. The highest BCUT2D eigenvalue weighted by Gasteiger charge is 2.22. The summed E-state index contributed by atoms with van der Waals surface area (Å²) in [4.78, 5) is 20.1. The van der Waals surface area contributed by atoms with Crippen LogP contribution in [0.3, 0.4) is 0 Å². The van der Waals surface area contributed by atoms with E-state index in [1.54, 1.807) is 27.6 Å². The molecule has 0 bridgehead atoms. The highest BCUT2D eigenvalue weighted by molar-refractivity contribution is 7.99. The van der Waals surface area contributed by atoms with Crippen molar-refractivity contribution >= 4 is 40.2 Å². The molecule has 4 aromatic rings. The molecule has 3 aromatic heterocycles. The van der Waals surface area contributed by atoms with Gasteiger partial charge < -0.3 is 9.67 Å². The molecule has 0 atom stereocenters. The van der Waals surface area contributed by atoms with E-state index in [1.165, 1.54) is 24.0 Å². The summed E-state index contributed by atoms with van der Waals surface area (Å²) in [7, 11) is 0. The summed E-state index contributed by atoms with van der Waals surface area (Å²) in [5.41, 5.74) is 1.87. The van der Waals surface area contributed by atoms with Crippen LogP contribution < -0.4 is 0 Å². The first-order chi connectivity index (χ1) is 14.8. The highest BCUT2D eigenvalue weighted by Crippen LogP contribution is 2.41. The summed E-state index contributed by atoms with van der Waals surface area (Å²) in [5, 5.41) is 14.7. The predicted octanol–water partition coefficient (Wildman–Crippen LogP) is 5.08. The molecule has 0 spiro atoms. The lowest BCUT2D eigenvalue weighted by Crippen LogP contribution is -2.04. The van der Waals surface area contributed by atoms with Gasteiger partial charge in [0, 0.05) is 34.4 Å². The third-order valence-corrected chi connectivity index (χ3v) is 6.22. The second-order valence-corrected chi connectivity index (χ2v) is 8.70. The molecule has 0 aliphatic carbocycles. The fourth-order valence-electron chi connectivity index (χ4n) is 3.35. The van der Waals surface area contributed by atoms with Crippen LogP contribution in [0.25, 0.3) is 16.6 Å². The number of hydrogen-bond donors (Lipinski definition) is 1. The number of fused-ring (bicyclic) bond motifs is 1. The van der Waals surface area contributed by atoms with Crippen molar-refractivity contribution in [1.29, 1.82) is 0 Å². The lowest BCUT2D eigenvalue weighted by molar-refractivity contribution is -0.136. The molecule has 1 N–H and O–H groups in total. The molecular formula is C21H19ClFN5O2S. The van der Waals surface area contributed by atoms with Crippen LogP contribution in [0, 0.1) is 12.7 Å². The van der Waals surface area contributed by atoms with Crippen molar-refractivity contribution in [1.82, 2.24) is 24.3 Å². The monoisotopic (exact) mass is 459 g/mol. The van der Waals surface area contributed by atoms with Crippen molar-refractivity contribution in [2.75, 3.05) is 0 Å². The first kappa shape index (κ1) is 21.3. The zero-order valence-electron chi connectivity index (χ0n) is 17.0. The molecule has 0 fully saturated rings. The van der Waals surface area contributed by atoms with Gasteiger partial charge in [-0.15, -0.1) is 0 Å². The van der Waals surface area contributed by atoms with E-state index in [1.807, 2.05) is 27.0 Å². The molecule has 0 radical (unpaired) electrons. The molecule has 0 amide bonds. The van der Waals surface area contributed by atoms with Gasteiger partial charge in [-0.3, -0.25) is 9.48 Å². The average molecular weight is 460 g/mol. The molecule has 4 rings (SSSR count). The van der Waals surface area contributed by atoms with Gasteiger partial charge >= 0.3 is 5.97 Å². The number of nitrogens with zero attached hydrogens (tertiary/aromatic N) is 5. The van der Waals surface area contributed by atoms with Crippen molar-refractivity contribution < 1.29 is 14.3 Å². The Morgan fingerprint density at radius 2 is 2.10 bits per heavy atom. The zero-order valence-corrected chi connectivity index (χ0v) is 18.6. The maximum Gasteiger partial charge on any atom is 0.311 e. The van der Waals surface area contributed by atoms with Crippen LogP contribution in [0.4, 0.5) is 4.39 Å². The summed E-state index contributed by atoms with van der Waals surface area (Å²) in [6.45, 7) is 5.92. The van der Waals surface area contributed by atoms with Gasteiger partial charge in [-0.2, -0.15) is 5.10 Å². The molecule has 0 saturated heterocycles. The molecule has 1 aromatic carbocycles. The molecular weight excluding hydrogens is 441 g/mol. The van der Waals surface area contributed by atoms with Gasteiger partial charge in [0.25, 0.3) is 0 Å². The summed E-state index contributed by atoms with van der Waals surface area (Å²) < 4.78 is 18.8. The van der Waals surface area contributed by atoms with Crippen LogP contribution in [0.1, 0.15) is 31.4 Å². The van der Waals surface area contributed by atoms with Gasteiger partial charge in [0.2, 0.25) is 0 Å². The fraction of sp³-hybridized carbons (Fsp3) is 0.238. The first-order valence-corrected chi connectivity index (χ1v) is 10.7. The largest absolute Gasteiger partial charge is 0.481 e. The number of aliphatic carboxylic acids is 1. The highest BCUT2D eigenvalue weighted by atomic mass is 35.5. The van der Waals surface area contributed by atoms with Crippen molar-refractivity contribution in [3.05, 3.63) is 59.1 Å². The number of aromatic nitrogens is 5. The Morgan fingerprint density at radius 3 is 2.77 bits per heavy atom. The smallest absolute Gasteiger partial charge is 0.311 e. The Morgan fingerprint density at radius 1 is 1.32 bits per heavy atom. The molecule has 0 unspecified atom stereocenters. The van der Waals surface area contributed by atoms with Crippen LogP contribution in [0.2, 0.25) is 5.02 Å². The predicted molar refractivity (Wildman–Crippen MR) is 117 cm³/mol. The Labute approximate surface area is 186 Å². The number of carboxylic acid groups (broad SMARTS) is 1. The first-order valence-electron chi connectivity index (χ1n) is 9.51. The van der Waals surface area contributed by atoms with Gasteiger partial charge in [-0.1, -0.05) is 23.4 Å². The number of carboxylic acids is 1. The fourth-order valence-corrected chi connectivity index (χ4v) is 4.50.